The highest BCUT2D eigenvalue weighted by atomic mass is 16.3. The fraction of sp³-hybridized carbons (Fsp3) is 0.111. The second-order valence-corrected chi connectivity index (χ2v) is 11.5. The number of aromatic nitrogens is 3. The van der Waals surface area contributed by atoms with Crippen molar-refractivity contribution in [3.8, 4) is 17.1 Å². The van der Waals surface area contributed by atoms with Gasteiger partial charge >= 0.3 is 0 Å². The SMILES string of the molecule is CC(C)(C)c1cnc2c(c1)nc(-c1cccc3c1oc1c3ccc3ccc4ccccc4c31)n2-c1ccccc1. The fourth-order valence-electron chi connectivity index (χ4n) is 5.90. The lowest BCUT2D eigenvalue weighted by Crippen LogP contribution is -2.11. The molecule has 0 N–H and O–H groups in total. The highest BCUT2D eigenvalue weighted by Crippen LogP contribution is 2.41. The molecule has 0 aliphatic carbocycles. The van der Waals surface area contributed by atoms with Crippen LogP contribution in [0.15, 0.2) is 114 Å². The molecule has 8 rings (SSSR count). The number of fused-ring (bicyclic) bond motifs is 8. The topological polar surface area (TPSA) is 43.9 Å². The molecule has 0 aliphatic rings. The molecule has 0 radical (unpaired) electrons. The van der Waals surface area contributed by atoms with Gasteiger partial charge in [0.25, 0.3) is 0 Å². The number of rotatable bonds is 2. The molecule has 4 nitrogen and oxygen atoms in total. The molecule has 0 amide bonds. The summed E-state index contributed by atoms with van der Waals surface area (Å²) < 4.78 is 9.00. The Balaban J connectivity index is 1.48. The van der Waals surface area contributed by atoms with Crippen LogP contribution in [-0.2, 0) is 5.41 Å². The van der Waals surface area contributed by atoms with Crippen LogP contribution in [0.4, 0.5) is 0 Å². The van der Waals surface area contributed by atoms with Crippen molar-refractivity contribution >= 4 is 54.6 Å². The van der Waals surface area contributed by atoms with Crippen LogP contribution in [0.2, 0.25) is 0 Å². The lowest BCUT2D eigenvalue weighted by Gasteiger charge is -2.18. The number of nitrogens with zero attached hydrogens (tertiary/aromatic N) is 3. The molecule has 0 saturated heterocycles. The standard InChI is InChI=1S/C36H27N3O/c1-36(2,3)24-20-30-35(37-21-24)39(25-11-5-4-6-12-25)34(38-30)29-15-9-14-27-28-19-18-23-17-16-22-10-7-8-13-26(22)31(23)33(28)40-32(27)29/h4-21H,1-3H3. The van der Waals surface area contributed by atoms with Crippen molar-refractivity contribution in [2.24, 2.45) is 0 Å². The maximum absolute atomic E-state index is 6.85. The van der Waals surface area contributed by atoms with E-state index in [9.17, 15) is 0 Å². The third kappa shape index (κ3) is 3.32. The average Bonchev–Trinajstić information content (AvgIpc) is 3.55. The predicted octanol–water partition coefficient (Wildman–Crippen LogP) is 9.59. The first-order valence-electron chi connectivity index (χ1n) is 13.7. The summed E-state index contributed by atoms with van der Waals surface area (Å²) >= 11 is 0. The van der Waals surface area contributed by atoms with E-state index in [1.54, 1.807) is 0 Å². The molecule has 5 aromatic carbocycles. The van der Waals surface area contributed by atoms with E-state index in [2.05, 4.69) is 110 Å². The van der Waals surface area contributed by atoms with Gasteiger partial charge in [0.2, 0.25) is 0 Å². The van der Waals surface area contributed by atoms with Crippen molar-refractivity contribution in [1.82, 2.24) is 14.5 Å². The zero-order chi connectivity index (χ0) is 27.0. The Morgan fingerprint density at radius 1 is 0.675 bits per heavy atom. The number of para-hydroxylation sites is 2. The minimum absolute atomic E-state index is 0.0273. The van der Waals surface area contributed by atoms with Crippen LogP contribution in [0.5, 0.6) is 0 Å². The molecular formula is C36H27N3O. The van der Waals surface area contributed by atoms with Crippen LogP contribution in [0.25, 0.3) is 71.7 Å². The van der Waals surface area contributed by atoms with Gasteiger partial charge in [-0.05, 0) is 57.5 Å². The molecule has 8 aromatic rings. The molecule has 40 heavy (non-hydrogen) atoms. The Kier molecular flexibility index (Phi) is 4.75. The summed E-state index contributed by atoms with van der Waals surface area (Å²) in [7, 11) is 0. The van der Waals surface area contributed by atoms with Crippen molar-refractivity contribution in [2.75, 3.05) is 0 Å². The number of furan rings is 1. The third-order valence-electron chi connectivity index (χ3n) is 7.99. The van der Waals surface area contributed by atoms with E-state index in [0.29, 0.717) is 0 Å². The summed E-state index contributed by atoms with van der Waals surface area (Å²) in [5, 5.41) is 6.90. The lowest BCUT2D eigenvalue weighted by atomic mass is 9.88. The Labute approximate surface area is 231 Å². The summed E-state index contributed by atoms with van der Waals surface area (Å²) in [6, 6.07) is 36.1. The van der Waals surface area contributed by atoms with Gasteiger partial charge in [-0.2, -0.15) is 0 Å². The van der Waals surface area contributed by atoms with E-state index in [4.69, 9.17) is 14.4 Å². The Bertz CT molecular complexity index is 2250. The highest BCUT2D eigenvalue weighted by Gasteiger charge is 2.23. The summed E-state index contributed by atoms with van der Waals surface area (Å²) in [4.78, 5) is 10.1. The van der Waals surface area contributed by atoms with Gasteiger partial charge in [-0.1, -0.05) is 93.6 Å². The van der Waals surface area contributed by atoms with E-state index in [0.717, 1.165) is 61.1 Å². The smallest absolute Gasteiger partial charge is 0.164 e. The molecular weight excluding hydrogens is 490 g/mol. The van der Waals surface area contributed by atoms with Crippen LogP contribution < -0.4 is 0 Å². The summed E-state index contributed by atoms with van der Waals surface area (Å²) in [6.45, 7) is 6.61. The van der Waals surface area contributed by atoms with Gasteiger partial charge < -0.3 is 4.42 Å². The average molecular weight is 518 g/mol. The maximum atomic E-state index is 6.85. The zero-order valence-corrected chi connectivity index (χ0v) is 22.6. The Morgan fingerprint density at radius 2 is 1.40 bits per heavy atom. The lowest BCUT2D eigenvalue weighted by molar-refractivity contribution is 0.588. The summed E-state index contributed by atoms with van der Waals surface area (Å²) in [5.74, 6) is 0.818. The normalized spacial score (nSPS) is 12.4. The first-order chi connectivity index (χ1) is 19.5. The third-order valence-corrected chi connectivity index (χ3v) is 7.99. The molecule has 3 aromatic heterocycles. The number of hydrogen-bond donors (Lipinski definition) is 0. The number of imidazole rings is 1. The molecule has 0 unspecified atom stereocenters. The number of hydrogen-bond acceptors (Lipinski definition) is 3. The first-order valence-corrected chi connectivity index (χ1v) is 13.7. The molecule has 4 heteroatoms. The van der Waals surface area contributed by atoms with Crippen LogP contribution in [0.3, 0.4) is 0 Å². The Morgan fingerprint density at radius 3 is 2.25 bits per heavy atom. The summed E-state index contributed by atoms with van der Waals surface area (Å²) in [5.41, 5.74) is 6.54. The molecule has 192 valence electrons. The fourth-order valence-corrected chi connectivity index (χ4v) is 5.90. The van der Waals surface area contributed by atoms with Crippen LogP contribution in [-0.4, -0.2) is 14.5 Å². The molecule has 0 saturated carbocycles. The van der Waals surface area contributed by atoms with Gasteiger partial charge in [0.1, 0.15) is 16.7 Å². The largest absolute Gasteiger partial charge is 0.455 e. The zero-order valence-electron chi connectivity index (χ0n) is 22.6. The quantitative estimate of drug-likeness (QED) is 0.214. The molecule has 0 spiro atoms. The van der Waals surface area contributed by atoms with E-state index in [-0.39, 0.29) is 5.41 Å². The number of pyridine rings is 1. The van der Waals surface area contributed by atoms with E-state index < -0.39 is 0 Å². The van der Waals surface area contributed by atoms with Gasteiger partial charge in [0, 0.05) is 28.0 Å². The molecule has 3 heterocycles. The monoisotopic (exact) mass is 517 g/mol. The van der Waals surface area contributed by atoms with Crippen molar-refractivity contribution in [3.05, 3.63) is 115 Å². The van der Waals surface area contributed by atoms with Gasteiger partial charge in [0.15, 0.2) is 11.5 Å². The van der Waals surface area contributed by atoms with Crippen LogP contribution in [0, 0.1) is 0 Å². The van der Waals surface area contributed by atoms with Gasteiger partial charge in [-0.25, -0.2) is 9.97 Å². The van der Waals surface area contributed by atoms with Crippen molar-refractivity contribution in [3.63, 3.8) is 0 Å². The Hall–Kier alpha value is -4.96. The second kappa shape index (κ2) is 8.27. The molecule has 0 atom stereocenters. The van der Waals surface area contributed by atoms with Crippen molar-refractivity contribution < 1.29 is 4.42 Å². The maximum Gasteiger partial charge on any atom is 0.164 e. The van der Waals surface area contributed by atoms with Crippen molar-refractivity contribution in [2.45, 2.75) is 26.2 Å². The minimum atomic E-state index is -0.0273. The first kappa shape index (κ1) is 23.0. The van der Waals surface area contributed by atoms with Crippen LogP contribution in [0.1, 0.15) is 26.3 Å². The number of benzene rings is 5. The second-order valence-electron chi connectivity index (χ2n) is 11.5. The van der Waals surface area contributed by atoms with E-state index >= 15 is 0 Å². The minimum Gasteiger partial charge on any atom is -0.455 e. The van der Waals surface area contributed by atoms with Gasteiger partial charge in [0.05, 0.1) is 5.56 Å². The van der Waals surface area contributed by atoms with E-state index in [1.807, 2.05) is 24.4 Å². The van der Waals surface area contributed by atoms with Crippen molar-refractivity contribution in [1.29, 1.82) is 0 Å². The molecule has 0 aliphatic heterocycles. The van der Waals surface area contributed by atoms with Crippen LogP contribution >= 0.6 is 0 Å². The highest BCUT2D eigenvalue weighted by molar-refractivity contribution is 6.23. The predicted molar refractivity (Wildman–Crippen MR) is 165 cm³/mol. The van der Waals surface area contributed by atoms with Gasteiger partial charge in [-0.3, -0.25) is 4.57 Å². The molecule has 0 fully saturated rings. The molecule has 0 bridgehead atoms. The van der Waals surface area contributed by atoms with Gasteiger partial charge in [-0.15, -0.1) is 0 Å². The van der Waals surface area contributed by atoms with E-state index in [1.165, 1.54) is 16.2 Å². The summed E-state index contributed by atoms with van der Waals surface area (Å²) in [6.07, 6.45) is 1.98.